The normalized spacial score (nSPS) is 13.6. The molecule has 0 aliphatic rings. The van der Waals surface area contributed by atoms with Gasteiger partial charge in [0.15, 0.2) is 0 Å². The summed E-state index contributed by atoms with van der Waals surface area (Å²) in [7, 11) is 0. The van der Waals surface area contributed by atoms with Crippen molar-refractivity contribution in [3.8, 4) is 0 Å². The molecule has 0 aliphatic carbocycles. The van der Waals surface area contributed by atoms with E-state index in [0.29, 0.717) is 0 Å². The molecule has 0 unspecified atom stereocenters. The Bertz CT molecular complexity index is 331. The van der Waals surface area contributed by atoms with Crippen LogP contribution in [0.5, 0.6) is 0 Å². The quantitative estimate of drug-likeness (QED) is 0.347. The monoisotopic (exact) mass is 290 g/mol. The minimum atomic E-state index is -0.691. The fraction of sp³-hybridized carbons (Fsp3) is 0.846. The lowest BCUT2D eigenvalue weighted by molar-refractivity contribution is -0.157. The molecule has 0 aromatic heterocycles. The maximum Gasteiger partial charge on any atom is 0.431 e. The van der Waals surface area contributed by atoms with E-state index < -0.39 is 29.3 Å². The van der Waals surface area contributed by atoms with Gasteiger partial charge >= 0.3 is 12.1 Å². The molecule has 20 heavy (non-hydrogen) atoms. The van der Waals surface area contributed by atoms with E-state index in [1.54, 1.807) is 48.5 Å². The number of nitrogens with one attached hydrogen (secondary N) is 2. The Labute approximate surface area is 120 Å². The van der Waals surface area contributed by atoms with Gasteiger partial charge in [0.05, 0.1) is 0 Å². The van der Waals surface area contributed by atoms with Crippen LogP contribution in [0.3, 0.4) is 0 Å². The summed E-state index contributed by atoms with van der Waals surface area (Å²) >= 11 is 0. The molecule has 1 amide bonds. The first-order valence-electron chi connectivity index (χ1n) is 6.48. The van der Waals surface area contributed by atoms with E-state index in [9.17, 15) is 9.59 Å². The number of carbonyl (C=O) groups is 2. The third-order valence-electron chi connectivity index (χ3n) is 1.78. The molecular weight excluding hydrogens is 264 g/mol. The SMILES string of the molecule is C[C@H](NCONC(=O)OC(C)(C)C)C(=O)OC(C)(C)C. The van der Waals surface area contributed by atoms with Crippen LogP contribution in [0.2, 0.25) is 0 Å². The summed E-state index contributed by atoms with van der Waals surface area (Å²) in [6.45, 7) is 12.2. The predicted molar refractivity (Wildman–Crippen MR) is 73.8 cm³/mol. The van der Waals surface area contributed by atoms with Crippen molar-refractivity contribution >= 4 is 12.1 Å². The highest BCUT2D eigenvalue weighted by Gasteiger charge is 2.21. The van der Waals surface area contributed by atoms with Crippen LogP contribution in [0.25, 0.3) is 0 Å². The number of rotatable bonds is 5. The zero-order valence-electron chi connectivity index (χ0n) is 13.3. The van der Waals surface area contributed by atoms with Crippen molar-refractivity contribution in [3.05, 3.63) is 0 Å². The van der Waals surface area contributed by atoms with Crippen LogP contribution in [-0.4, -0.2) is 36.0 Å². The third-order valence-corrected chi connectivity index (χ3v) is 1.78. The summed E-state index contributed by atoms with van der Waals surface area (Å²) in [4.78, 5) is 27.7. The van der Waals surface area contributed by atoms with Crippen LogP contribution in [0.1, 0.15) is 48.5 Å². The first-order valence-corrected chi connectivity index (χ1v) is 6.48. The van der Waals surface area contributed by atoms with Crippen molar-refractivity contribution in [1.82, 2.24) is 10.8 Å². The van der Waals surface area contributed by atoms with Gasteiger partial charge in [-0.2, -0.15) is 5.48 Å². The highest BCUT2D eigenvalue weighted by atomic mass is 16.7. The first kappa shape index (κ1) is 18.7. The van der Waals surface area contributed by atoms with Gasteiger partial charge in [0.1, 0.15) is 24.0 Å². The van der Waals surface area contributed by atoms with Crippen LogP contribution in [0.15, 0.2) is 0 Å². The van der Waals surface area contributed by atoms with Crippen molar-refractivity contribution < 1.29 is 23.9 Å². The van der Waals surface area contributed by atoms with Gasteiger partial charge in [0.2, 0.25) is 0 Å². The van der Waals surface area contributed by atoms with E-state index in [1.807, 2.05) is 0 Å². The van der Waals surface area contributed by atoms with Crippen LogP contribution in [-0.2, 0) is 19.1 Å². The molecule has 118 valence electrons. The Morgan fingerprint density at radius 3 is 1.95 bits per heavy atom. The number of carbonyl (C=O) groups excluding carboxylic acids is 2. The van der Waals surface area contributed by atoms with Gasteiger partial charge in [-0.25, -0.2) is 4.79 Å². The smallest absolute Gasteiger partial charge is 0.431 e. The Morgan fingerprint density at radius 2 is 1.50 bits per heavy atom. The molecule has 1 atom stereocenters. The predicted octanol–water partition coefficient (Wildman–Crippen LogP) is 1.72. The molecule has 0 heterocycles. The van der Waals surface area contributed by atoms with Gasteiger partial charge in [-0.3, -0.25) is 14.9 Å². The second-order valence-corrected chi connectivity index (χ2v) is 6.35. The molecule has 0 bridgehead atoms. The van der Waals surface area contributed by atoms with Crippen molar-refractivity contribution in [3.63, 3.8) is 0 Å². The number of ether oxygens (including phenoxy) is 2. The zero-order chi connectivity index (χ0) is 16.0. The number of hydrogen-bond donors (Lipinski definition) is 2. The molecule has 7 heteroatoms. The molecule has 0 aliphatic heterocycles. The molecule has 0 saturated heterocycles. The molecule has 0 aromatic rings. The highest BCUT2D eigenvalue weighted by Crippen LogP contribution is 2.08. The van der Waals surface area contributed by atoms with Crippen LogP contribution < -0.4 is 10.8 Å². The summed E-state index contributed by atoms with van der Waals surface area (Å²) in [5.41, 5.74) is 0.974. The Hall–Kier alpha value is -1.34. The lowest BCUT2D eigenvalue weighted by atomic mass is 10.2. The van der Waals surface area contributed by atoms with Crippen LogP contribution in [0, 0.1) is 0 Å². The molecule has 7 nitrogen and oxygen atoms in total. The second-order valence-electron chi connectivity index (χ2n) is 6.35. The lowest BCUT2D eigenvalue weighted by Gasteiger charge is -2.23. The summed E-state index contributed by atoms with van der Waals surface area (Å²) in [5, 5.41) is 2.76. The van der Waals surface area contributed by atoms with Gasteiger partial charge in [-0.05, 0) is 48.5 Å². The highest BCUT2D eigenvalue weighted by molar-refractivity contribution is 5.75. The number of esters is 1. The molecule has 0 fully saturated rings. The Kier molecular flexibility index (Phi) is 6.95. The Balaban J connectivity index is 3.85. The fourth-order valence-electron chi connectivity index (χ4n) is 1.03. The van der Waals surface area contributed by atoms with Gasteiger partial charge in [-0.1, -0.05) is 0 Å². The summed E-state index contributed by atoms with van der Waals surface area (Å²) in [6.07, 6.45) is -0.691. The molecule has 0 spiro atoms. The van der Waals surface area contributed by atoms with E-state index in [-0.39, 0.29) is 6.73 Å². The van der Waals surface area contributed by atoms with Crippen LogP contribution >= 0.6 is 0 Å². The van der Waals surface area contributed by atoms with Gasteiger partial charge in [0, 0.05) is 0 Å². The first-order chi connectivity index (χ1) is 8.91. The van der Waals surface area contributed by atoms with E-state index >= 15 is 0 Å². The minimum absolute atomic E-state index is 0.0420. The largest absolute Gasteiger partial charge is 0.459 e. The molecule has 2 N–H and O–H groups in total. The van der Waals surface area contributed by atoms with Crippen molar-refractivity contribution in [1.29, 1.82) is 0 Å². The van der Waals surface area contributed by atoms with Crippen molar-refractivity contribution in [2.45, 2.75) is 65.7 Å². The Morgan fingerprint density at radius 1 is 1.00 bits per heavy atom. The fourth-order valence-corrected chi connectivity index (χ4v) is 1.03. The van der Waals surface area contributed by atoms with Gasteiger partial charge in [0.25, 0.3) is 0 Å². The number of hydrogen-bond acceptors (Lipinski definition) is 6. The molecule has 0 saturated carbocycles. The minimum Gasteiger partial charge on any atom is -0.459 e. The maximum atomic E-state index is 11.6. The topological polar surface area (TPSA) is 85.9 Å². The van der Waals surface area contributed by atoms with Crippen molar-refractivity contribution in [2.24, 2.45) is 0 Å². The molecular formula is C13H26N2O5. The van der Waals surface area contributed by atoms with E-state index in [0.717, 1.165) is 0 Å². The summed E-state index contributed by atoms with van der Waals surface area (Å²) in [6, 6.07) is -0.547. The van der Waals surface area contributed by atoms with Crippen molar-refractivity contribution in [2.75, 3.05) is 6.73 Å². The average molecular weight is 290 g/mol. The summed E-state index contributed by atoms with van der Waals surface area (Å²) < 4.78 is 10.1. The molecule has 0 rings (SSSR count). The molecule has 0 aromatic carbocycles. The second kappa shape index (κ2) is 7.44. The van der Waals surface area contributed by atoms with E-state index in [2.05, 4.69) is 10.8 Å². The van der Waals surface area contributed by atoms with E-state index in [4.69, 9.17) is 14.3 Å². The summed E-state index contributed by atoms with van der Waals surface area (Å²) in [5.74, 6) is -0.390. The average Bonchev–Trinajstić information content (AvgIpc) is 2.18. The van der Waals surface area contributed by atoms with Crippen LogP contribution in [0.4, 0.5) is 4.79 Å². The third kappa shape index (κ3) is 10.6. The van der Waals surface area contributed by atoms with E-state index in [1.165, 1.54) is 0 Å². The number of amides is 1. The maximum absolute atomic E-state index is 11.6. The lowest BCUT2D eigenvalue weighted by Crippen LogP contribution is -2.42. The van der Waals surface area contributed by atoms with Gasteiger partial charge < -0.3 is 9.47 Å². The zero-order valence-corrected chi connectivity index (χ0v) is 13.3. The standard InChI is InChI=1S/C13H26N2O5/c1-9(10(16)19-12(2,3)4)14-8-18-15-11(17)20-13(5,6)7/h9,14H,8H2,1-7H3,(H,15,17)/t9-/m0/s1. The molecule has 0 radical (unpaired) electrons. The van der Waals surface area contributed by atoms with Gasteiger partial charge in [-0.15, -0.1) is 0 Å². The number of hydroxylamine groups is 1.